The maximum absolute atomic E-state index is 11.5. The van der Waals surface area contributed by atoms with Crippen LogP contribution in [-0.2, 0) is 9.59 Å². The molecular weight excluding hydrogens is 320 g/mol. The van der Waals surface area contributed by atoms with E-state index in [1.54, 1.807) is 0 Å². The van der Waals surface area contributed by atoms with Crippen LogP contribution >= 0.6 is 0 Å². The smallest absolute Gasteiger partial charge is 0.112 e. The van der Waals surface area contributed by atoms with Gasteiger partial charge >= 0.3 is 0 Å². The van der Waals surface area contributed by atoms with Crippen molar-refractivity contribution in [2.75, 3.05) is 0 Å². The largest absolute Gasteiger partial charge is 0.550 e. The second kappa shape index (κ2) is 14.1. The van der Waals surface area contributed by atoms with Gasteiger partial charge in [-0.2, -0.15) is 0 Å². The predicted molar refractivity (Wildman–Crippen MR) is 94.4 cm³/mol. The van der Waals surface area contributed by atoms with Crippen LogP contribution in [0, 0.1) is 5.92 Å². The Bertz CT molecular complexity index is 369. The summed E-state index contributed by atoms with van der Waals surface area (Å²) in [6.07, 6.45) is 11.4. The molecule has 0 saturated carbocycles. The van der Waals surface area contributed by atoms with Gasteiger partial charge in [-0.05, 0) is 12.8 Å². The highest BCUT2D eigenvalue weighted by Gasteiger charge is 2.38. The Balaban J connectivity index is 4.50. The van der Waals surface area contributed by atoms with E-state index in [1.165, 1.54) is 0 Å². The third kappa shape index (κ3) is 9.83. The van der Waals surface area contributed by atoms with Gasteiger partial charge in [-0.25, -0.2) is 0 Å². The number of aliphatic carboxylic acids is 2. The topological polar surface area (TPSA) is 100 Å². The Labute approximate surface area is 152 Å². The molecule has 5 heteroatoms. The maximum Gasteiger partial charge on any atom is 0.112 e. The quantitative estimate of drug-likeness (QED) is 0.403. The van der Waals surface area contributed by atoms with Gasteiger partial charge in [0.2, 0.25) is 0 Å². The van der Waals surface area contributed by atoms with Gasteiger partial charge in [0.1, 0.15) is 5.60 Å². The highest BCUT2D eigenvalue weighted by Crippen LogP contribution is 2.29. The van der Waals surface area contributed by atoms with Gasteiger partial charge in [-0.1, -0.05) is 90.9 Å². The van der Waals surface area contributed by atoms with Crippen molar-refractivity contribution in [2.24, 2.45) is 5.92 Å². The zero-order valence-corrected chi connectivity index (χ0v) is 16.1. The fraction of sp³-hybridized carbons (Fsp3) is 0.900. The van der Waals surface area contributed by atoms with Crippen molar-refractivity contribution >= 4 is 11.9 Å². The molecule has 0 spiro atoms. The molecule has 0 radical (unpaired) electrons. The lowest BCUT2D eigenvalue weighted by atomic mass is 9.79. The highest BCUT2D eigenvalue weighted by atomic mass is 16.4. The third-order valence-corrected chi connectivity index (χ3v) is 4.97. The molecule has 0 heterocycles. The van der Waals surface area contributed by atoms with Gasteiger partial charge < -0.3 is 24.9 Å². The number of carboxylic acids is 2. The first-order chi connectivity index (χ1) is 11.9. The van der Waals surface area contributed by atoms with Crippen LogP contribution in [-0.4, -0.2) is 22.6 Å². The van der Waals surface area contributed by atoms with Crippen LogP contribution in [0.5, 0.6) is 0 Å². The summed E-state index contributed by atoms with van der Waals surface area (Å²) in [5.74, 6) is -4.59. The van der Waals surface area contributed by atoms with Crippen molar-refractivity contribution in [1.82, 2.24) is 0 Å². The Morgan fingerprint density at radius 2 is 1.24 bits per heavy atom. The summed E-state index contributed by atoms with van der Waals surface area (Å²) in [6, 6.07) is 0. The normalized spacial score (nSPS) is 14.8. The Morgan fingerprint density at radius 3 is 1.68 bits per heavy atom. The van der Waals surface area contributed by atoms with Crippen molar-refractivity contribution in [3.63, 3.8) is 0 Å². The van der Waals surface area contributed by atoms with Crippen LogP contribution < -0.4 is 10.2 Å². The molecule has 0 amide bonds. The average Bonchev–Trinajstić information content (AvgIpc) is 2.56. The Morgan fingerprint density at radius 1 is 0.800 bits per heavy atom. The summed E-state index contributed by atoms with van der Waals surface area (Å²) in [5, 5.41) is 33.4. The van der Waals surface area contributed by atoms with Crippen LogP contribution in [0.1, 0.15) is 104 Å². The zero-order chi connectivity index (χ0) is 19.1. The second-order valence-electron chi connectivity index (χ2n) is 7.16. The first-order valence-electron chi connectivity index (χ1n) is 10.0. The molecule has 5 nitrogen and oxygen atoms in total. The van der Waals surface area contributed by atoms with Gasteiger partial charge in [0, 0.05) is 11.9 Å². The number of hydrogen-bond acceptors (Lipinski definition) is 5. The van der Waals surface area contributed by atoms with E-state index in [2.05, 4.69) is 13.8 Å². The van der Waals surface area contributed by atoms with Crippen molar-refractivity contribution in [1.29, 1.82) is 0 Å². The molecule has 0 bridgehead atoms. The lowest BCUT2D eigenvalue weighted by Crippen LogP contribution is -2.58. The SMILES string of the molecule is CCCCCCCCC(C(=O)[O-])C(O)(CCCCCCCC)C(=O)[O-]. The molecule has 0 aromatic heterocycles. The number of unbranched alkanes of at least 4 members (excludes halogenated alkanes) is 10. The Kier molecular flexibility index (Phi) is 13.5. The number of rotatable bonds is 17. The van der Waals surface area contributed by atoms with Gasteiger partial charge in [-0.3, -0.25) is 0 Å². The number of aliphatic hydroxyl groups is 1. The van der Waals surface area contributed by atoms with Crippen LogP contribution in [0.25, 0.3) is 0 Å². The predicted octanol–water partition coefficient (Wildman–Crippen LogP) is 2.33. The van der Waals surface area contributed by atoms with Crippen molar-refractivity contribution in [3.05, 3.63) is 0 Å². The first kappa shape index (κ1) is 23.9. The summed E-state index contributed by atoms with van der Waals surface area (Å²) < 4.78 is 0. The van der Waals surface area contributed by atoms with Gasteiger partial charge in [0.25, 0.3) is 0 Å². The molecule has 1 N–H and O–H groups in total. The molecule has 148 valence electrons. The minimum absolute atomic E-state index is 0.0874. The van der Waals surface area contributed by atoms with Crippen molar-refractivity contribution < 1.29 is 24.9 Å². The molecule has 0 aliphatic heterocycles. The van der Waals surface area contributed by atoms with Crippen LogP contribution in [0.4, 0.5) is 0 Å². The number of carboxylic acid groups (broad SMARTS) is 2. The van der Waals surface area contributed by atoms with Gasteiger partial charge in [0.15, 0.2) is 0 Å². The maximum atomic E-state index is 11.5. The lowest BCUT2D eigenvalue weighted by molar-refractivity contribution is -0.342. The molecule has 0 aromatic rings. The van der Waals surface area contributed by atoms with E-state index in [0.29, 0.717) is 12.8 Å². The molecule has 0 fully saturated rings. The van der Waals surface area contributed by atoms with E-state index in [0.717, 1.165) is 64.2 Å². The van der Waals surface area contributed by atoms with Gasteiger partial charge in [-0.15, -0.1) is 0 Å². The summed E-state index contributed by atoms with van der Waals surface area (Å²) in [4.78, 5) is 22.9. The fourth-order valence-corrected chi connectivity index (χ4v) is 3.27. The molecule has 0 saturated heterocycles. The lowest BCUT2D eigenvalue weighted by Gasteiger charge is -2.38. The molecular formula is C20H36O5-2. The van der Waals surface area contributed by atoms with Crippen molar-refractivity contribution in [3.8, 4) is 0 Å². The van der Waals surface area contributed by atoms with Crippen LogP contribution in [0.3, 0.4) is 0 Å². The highest BCUT2D eigenvalue weighted by molar-refractivity contribution is 5.83. The molecule has 0 aliphatic rings. The van der Waals surface area contributed by atoms with E-state index >= 15 is 0 Å². The van der Waals surface area contributed by atoms with E-state index in [9.17, 15) is 24.9 Å². The van der Waals surface area contributed by atoms with E-state index in [4.69, 9.17) is 0 Å². The van der Waals surface area contributed by atoms with Crippen LogP contribution in [0.15, 0.2) is 0 Å². The zero-order valence-electron chi connectivity index (χ0n) is 16.1. The first-order valence-corrected chi connectivity index (χ1v) is 10.0. The summed E-state index contributed by atoms with van der Waals surface area (Å²) >= 11 is 0. The molecule has 0 aliphatic carbocycles. The Hall–Kier alpha value is -1.10. The summed E-state index contributed by atoms with van der Waals surface area (Å²) in [6.45, 7) is 4.23. The molecule has 25 heavy (non-hydrogen) atoms. The monoisotopic (exact) mass is 356 g/mol. The van der Waals surface area contributed by atoms with E-state index in [1.807, 2.05) is 0 Å². The standard InChI is InChI=1S/C20H38O5/c1-3-5-7-9-11-13-15-17(18(21)22)20(25,19(23)24)16-14-12-10-8-6-4-2/h17,25H,3-16H2,1-2H3,(H,21,22)(H,23,24)/p-2. The second-order valence-corrected chi connectivity index (χ2v) is 7.16. The number of hydrogen-bond donors (Lipinski definition) is 1. The molecule has 0 rings (SSSR count). The molecule has 2 unspecified atom stereocenters. The minimum Gasteiger partial charge on any atom is -0.550 e. The third-order valence-electron chi connectivity index (χ3n) is 4.97. The van der Waals surface area contributed by atoms with Crippen molar-refractivity contribution in [2.45, 2.75) is 109 Å². The van der Waals surface area contributed by atoms with E-state index < -0.39 is 23.5 Å². The van der Waals surface area contributed by atoms with Crippen LogP contribution in [0.2, 0.25) is 0 Å². The molecule has 2 atom stereocenters. The minimum atomic E-state index is -2.33. The average molecular weight is 357 g/mol. The molecule has 0 aromatic carbocycles. The fourth-order valence-electron chi connectivity index (χ4n) is 3.27. The summed E-state index contributed by atoms with van der Waals surface area (Å²) in [5.41, 5.74) is -2.33. The number of carbonyl (C=O) groups excluding carboxylic acids is 2. The number of carbonyl (C=O) groups is 2. The summed E-state index contributed by atoms with van der Waals surface area (Å²) in [7, 11) is 0. The van der Waals surface area contributed by atoms with E-state index in [-0.39, 0.29) is 12.8 Å². The van der Waals surface area contributed by atoms with Gasteiger partial charge in [0.05, 0.1) is 5.97 Å².